The Balaban J connectivity index is 1.61. The Kier molecular flexibility index (Phi) is 5.60. The molecule has 0 spiro atoms. The maximum Gasteiger partial charge on any atom is 0.339 e. The molecule has 1 aliphatic rings. The molecule has 30 heavy (non-hydrogen) atoms. The Morgan fingerprint density at radius 1 is 1.30 bits per heavy atom. The number of aromatic carboxylic acids is 1. The van der Waals surface area contributed by atoms with Gasteiger partial charge in [0.1, 0.15) is 10.0 Å². The van der Waals surface area contributed by atoms with Crippen molar-refractivity contribution in [2.24, 2.45) is 0 Å². The van der Waals surface area contributed by atoms with Crippen LogP contribution >= 0.6 is 23.1 Å². The minimum atomic E-state index is -1.11. The summed E-state index contributed by atoms with van der Waals surface area (Å²) >= 11 is 2.57. The molecule has 0 fully saturated rings. The molecule has 0 unspecified atom stereocenters. The molecule has 1 aliphatic heterocycles. The summed E-state index contributed by atoms with van der Waals surface area (Å²) in [5, 5.41) is 13.2. The van der Waals surface area contributed by atoms with Crippen LogP contribution in [0, 0.1) is 0 Å². The van der Waals surface area contributed by atoms with Crippen LogP contribution < -0.4 is 5.32 Å². The van der Waals surface area contributed by atoms with Crippen LogP contribution in [-0.4, -0.2) is 45.6 Å². The van der Waals surface area contributed by atoms with E-state index >= 15 is 0 Å². The summed E-state index contributed by atoms with van der Waals surface area (Å²) in [6.45, 7) is 0.662. The summed E-state index contributed by atoms with van der Waals surface area (Å²) in [5.41, 5.74) is 1.26. The average Bonchev–Trinajstić information content (AvgIpc) is 3.40. The average molecular weight is 444 g/mol. The van der Waals surface area contributed by atoms with E-state index in [0.717, 1.165) is 4.88 Å². The molecule has 0 bridgehead atoms. The molecule has 10 heteroatoms. The van der Waals surface area contributed by atoms with E-state index in [2.05, 4.69) is 10.3 Å². The summed E-state index contributed by atoms with van der Waals surface area (Å²) < 4.78 is 5.07. The highest BCUT2D eigenvalue weighted by Crippen LogP contribution is 2.38. The van der Waals surface area contributed by atoms with E-state index in [1.165, 1.54) is 35.4 Å². The lowest BCUT2D eigenvalue weighted by Crippen LogP contribution is -2.36. The maximum atomic E-state index is 13.0. The van der Waals surface area contributed by atoms with Gasteiger partial charge in [-0.2, -0.15) is 0 Å². The molecular formula is C20H17N3O5S2. The fraction of sp³-hybridized carbons (Fsp3) is 0.200. The number of nitrogens with one attached hydrogen (secondary N) is 1. The summed E-state index contributed by atoms with van der Waals surface area (Å²) in [6.07, 6.45) is 5.27. The molecule has 0 saturated heterocycles. The number of aromatic nitrogens is 1. The molecule has 4 heterocycles. The van der Waals surface area contributed by atoms with Gasteiger partial charge in [-0.3, -0.25) is 9.59 Å². The Morgan fingerprint density at radius 2 is 2.13 bits per heavy atom. The molecular weight excluding hydrogens is 426 g/mol. The van der Waals surface area contributed by atoms with E-state index in [4.69, 9.17) is 4.42 Å². The van der Waals surface area contributed by atoms with Gasteiger partial charge in [-0.25, -0.2) is 9.78 Å². The van der Waals surface area contributed by atoms with Gasteiger partial charge >= 0.3 is 5.97 Å². The Labute approximate surface area is 179 Å². The van der Waals surface area contributed by atoms with Crippen molar-refractivity contribution in [1.82, 2.24) is 9.88 Å². The lowest BCUT2D eigenvalue weighted by Gasteiger charge is -2.27. The van der Waals surface area contributed by atoms with Crippen molar-refractivity contribution in [3.63, 3.8) is 0 Å². The first kappa shape index (κ1) is 20.2. The number of hydrogen-bond acceptors (Lipinski definition) is 7. The molecule has 0 aliphatic carbocycles. The predicted octanol–water partition coefficient (Wildman–Crippen LogP) is 3.61. The van der Waals surface area contributed by atoms with E-state index in [1.54, 1.807) is 29.3 Å². The number of fused-ring (bicyclic) bond motifs is 1. The van der Waals surface area contributed by atoms with E-state index in [-0.39, 0.29) is 28.8 Å². The number of pyridine rings is 1. The third-order valence-corrected chi connectivity index (χ3v) is 6.57. The summed E-state index contributed by atoms with van der Waals surface area (Å²) in [6, 6.07) is 6.54. The molecule has 3 aromatic heterocycles. The number of thiophene rings is 1. The first-order valence-corrected chi connectivity index (χ1v) is 11.0. The number of carboxylic acid groups (broad SMARTS) is 1. The molecule has 0 aromatic carbocycles. The minimum Gasteiger partial charge on any atom is -0.478 e. The molecule has 4 rings (SSSR count). The fourth-order valence-electron chi connectivity index (χ4n) is 3.35. The SMILES string of the molecule is CSc1ncccc1C(=O)N1CCc2c(sc(NC(=O)c3ccco3)c2C(=O)O)C1. The van der Waals surface area contributed by atoms with Crippen LogP contribution in [-0.2, 0) is 13.0 Å². The number of rotatable bonds is 5. The van der Waals surface area contributed by atoms with E-state index in [9.17, 15) is 19.5 Å². The summed E-state index contributed by atoms with van der Waals surface area (Å²) in [7, 11) is 0. The minimum absolute atomic E-state index is 0.0770. The van der Waals surface area contributed by atoms with Crippen LogP contribution in [0.1, 0.15) is 41.7 Å². The van der Waals surface area contributed by atoms with Crippen molar-refractivity contribution in [1.29, 1.82) is 0 Å². The molecule has 3 aromatic rings. The van der Waals surface area contributed by atoms with Crippen LogP contribution in [0.2, 0.25) is 0 Å². The molecule has 2 amide bonds. The van der Waals surface area contributed by atoms with Gasteiger partial charge in [-0.1, -0.05) is 0 Å². The van der Waals surface area contributed by atoms with Gasteiger partial charge in [-0.15, -0.1) is 23.1 Å². The van der Waals surface area contributed by atoms with Crippen molar-refractivity contribution in [3.05, 3.63) is 64.1 Å². The van der Waals surface area contributed by atoms with Crippen molar-refractivity contribution in [3.8, 4) is 0 Å². The highest BCUT2D eigenvalue weighted by Gasteiger charge is 2.31. The zero-order valence-electron chi connectivity index (χ0n) is 15.9. The van der Waals surface area contributed by atoms with E-state index in [1.807, 2.05) is 6.26 Å². The van der Waals surface area contributed by atoms with Crippen LogP contribution in [0.3, 0.4) is 0 Å². The van der Waals surface area contributed by atoms with Crippen LogP contribution in [0.25, 0.3) is 0 Å². The molecule has 0 radical (unpaired) electrons. The van der Waals surface area contributed by atoms with Crippen LogP contribution in [0.5, 0.6) is 0 Å². The number of anilines is 1. The Bertz CT molecular complexity index is 1120. The topological polar surface area (TPSA) is 113 Å². The predicted molar refractivity (Wildman–Crippen MR) is 112 cm³/mol. The van der Waals surface area contributed by atoms with Gasteiger partial charge in [0.25, 0.3) is 11.8 Å². The highest BCUT2D eigenvalue weighted by atomic mass is 32.2. The van der Waals surface area contributed by atoms with Gasteiger partial charge < -0.3 is 19.7 Å². The molecule has 0 atom stereocenters. The van der Waals surface area contributed by atoms with Crippen molar-refractivity contribution < 1.29 is 23.9 Å². The highest BCUT2D eigenvalue weighted by molar-refractivity contribution is 7.98. The zero-order valence-corrected chi connectivity index (χ0v) is 17.5. The first-order chi connectivity index (χ1) is 14.5. The number of carbonyl (C=O) groups is 3. The van der Waals surface area contributed by atoms with E-state index < -0.39 is 11.9 Å². The van der Waals surface area contributed by atoms with Crippen LogP contribution in [0.15, 0.2) is 46.2 Å². The number of hydrogen-bond donors (Lipinski definition) is 2. The smallest absolute Gasteiger partial charge is 0.339 e. The normalized spacial score (nSPS) is 13.0. The molecule has 0 saturated carbocycles. The molecule has 8 nitrogen and oxygen atoms in total. The fourth-order valence-corrected chi connectivity index (χ4v) is 5.14. The number of thioether (sulfide) groups is 1. The first-order valence-electron chi connectivity index (χ1n) is 9.00. The quantitative estimate of drug-likeness (QED) is 0.579. The number of nitrogens with zero attached hydrogens (tertiary/aromatic N) is 2. The van der Waals surface area contributed by atoms with E-state index in [0.29, 0.717) is 29.1 Å². The number of furan rings is 1. The second kappa shape index (κ2) is 8.33. The second-order valence-corrected chi connectivity index (χ2v) is 8.38. The standard InChI is InChI=1S/C20H17N3O5S2/c1-29-17-12(4-2-7-21-17)19(25)23-8-6-11-14(10-23)30-18(15(11)20(26)27)22-16(24)13-5-3-9-28-13/h2-5,7,9H,6,8,10H2,1H3,(H,22,24)(H,26,27). The maximum absolute atomic E-state index is 13.0. The van der Waals surface area contributed by atoms with Crippen LogP contribution in [0.4, 0.5) is 5.00 Å². The molecule has 2 N–H and O–H groups in total. The van der Waals surface area contributed by atoms with Gasteiger partial charge in [0, 0.05) is 17.6 Å². The lowest BCUT2D eigenvalue weighted by molar-refractivity contribution is 0.0696. The Hall–Kier alpha value is -3.11. The summed E-state index contributed by atoms with van der Waals surface area (Å²) in [4.78, 5) is 43.9. The van der Waals surface area contributed by atoms with Gasteiger partial charge in [0.2, 0.25) is 0 Å². The summed E-state index contributed by atoms with van der Waals surface area (Å²) in [5.74, 6) is -1.69. The van der Waals surface area contributed by atoms with Gasteiger partial charge in [0.05, 0.1) is 23.9 Å². The molecule has 154 valence electrons. The number of carbonyl (C=O) groups excluding carboxylic acids is 2. The monoisotopic (exact) mass is 443 g/mol. The number of carboxylic acids is 1. The van der Waals surface area contributed by atoms with Gasteiger partial charge in [0.15, 0.2) is 5.76 Å². The second-order valence-electron chi connectivity index (χ2n) is 6.48. The lowest BCUT2D eigenvalue weighted by atomic mass is 10.0. The zero-order chi connectivity index (χ0) is 21.3. The van der Waals surface area contributed by atoms with Crippen molar-refractivity contribution >= 4 is 45.9 Å². The van der Waals surface area contributed by atoms with Crippen molar-refractivity contribution in [2.45, 2.75) is 18.0 Å². The largest absolute Gasteiger partial charge is 0.478 e. The van der Waals surface area contributed by atoms with Gasteiger partial charge in [-0.05, 0) is 42.5 Å². The third kappa shape index (κ3) is 3.71. The third-order valence-electron chi connectivity index (χ3n) is 4.72. The Morgan fingerprint density at radius 3 is 2.83 bits per heavy atom. The number of amides is 2. The van der Waals surface area contributed by atoms with Crippen molar-refractivity contribution in [2.75, 3.05) is 18.1 Å².